The molecule has 138 valence electrons. The molecular weight excluding hydrogens is 334 g/mol. The highest BCUT2D eigenvalue weighted by Gasteiger charge is 2.34. The van der Waals surface area contributed by atoms with Crippen LogP contribution in [0.15, 0.2) is 34.9 Å². The summed E-state index contributed by atoms with van der Waals surface area (Å²) in [6.07, 6.45) is 0.541. The Hall–Kier alpha value is -2.90. The maximum absolute atomic E-state index is 13.1. The number of amides is 3. The normalized spacial score (nSPS) is 17.7. The molecular formula is C18H23N5O3. The fourth-order valence-corrected chi connectivity index (χ4v) is 3.10. The zero-order chi connectivity index (χ0) is 18.7. The van der Waals surface area contributed by atoms with E-state index in [0.717, 1.165) is 0 Å². The van der Waals surface area contributed by atoms with Gasteiger partial charge in [0.2, 0.25) is 5.89 Å². The maximum Gasteiger partial charge on any atom is 0.319 e. The number of aromatic nitrogens is 2. The molecule has 0 N–H and O–H groups in total. The van der Waals surface area contributed by atoms with Crippen LogP contribution in [0.3, 0.4) is 0 Å². The van der Waals surface area contributed by atoms with Crippen molar-refractivity contribution in [3.63, 3.8) is 0 Å². The molecule has 0 saturated carbocycles. The van der Waals surface area contributed by atoms with Gasteiger partial charge in [0, 0.05) is 39.3 Å². The van der Waals surface area contributed by atoms with Crippen molar-refractivity contribution in [1.29, 1.82) is 0 Å². The SMILES string of the molecule is Cc1noc(C2CCN(C(=O)N(C)C)CCN2C(=O)c2ccccc2)n1. The average Bonchev–Trinajstić information content (AvgIpc) is 2.95. The molecule has 1 saturated heterocycles. The summed E-state index contributed by atoms with van der Waals surface area (Å²) < 4.78 is 5.35. The molecule has 1 aromatic heterocycles. The molecule has 1 fully saturated rings. The Labute approximate surface area is 152 Å². The first-order valence-corrected chi connectivity index (χ1v) is 8.60. The molecule has 0 bridgehead atoms. The van der Waals surface area contributed by atoms with Crippen molar-refractivity contribution < 1.29 is 14.1 Å². The number of carbonyl (C=O) groups excluding carboxylic acids is 2. The molecule has 0 radical (unpaired) electrons. The number of benzene rings is 1. The van der Waals surface area contributed by atoms with Crippen LogP contribution in [0.1, 0.15) is 34.5 Å². The van der Waals surface area contributed by atoms with Crippen LogP contribution in [0.2, 0.25) is 0 Å². The quantitative estimate of drug-likeness (QED) is 0.820. The fraction of sp³-hybridized carbons (Fsp3) is 0.444. The number of aryl methyl sites for hydroxylation is 1. The van der Waals surface area contributed by atoms with Gasteiger partial charge in [-0.1, -0.05) is 23.4 Å². The predicted octanol–water partition coefficient (Wildman–Crippen LogP) is 1.95. The third-order valence-electron chi connectivity index (χ3n) is 4.42. The highest BCUT2D eigenvalue weighted by molar-refractivity contribution is 5.94. The molecule has 3 amide bonds. The fourth-order valence-electron chi connectivity index (χ4n) is 3.10. The minimum absolute atomic E-state index is 0.0699. The van der Waals surface area contributed by atoms with Gasteiger partial charge in [-0.25, -0.2) is 4.79 Å². The summed E-state index contributed by atoms with van der Waals surface area (Å²) in [4.78, 5) is 34.8. The molecule has 2 aromatic rings. The summed E-state index contributed by atoms with van der Waals surface area (Å²) in [6.45, 7) is 3.12. The van der Waals surface area contributed by atoms with Gasteiger partial charge in [0.1, 0.15) is 6.04 Å². The topological polar surface area (TPSA) is 82.8 Å². The second kappa shape index (κ2) is 7.55. The lowest BCUT2D eigenvalue weighted by Crippen LogP contribution is -2.42. The molecule has 2 heterocycles. The predicted molar refractivity (Wildman–Crippen MR) is 94.5 cm³/mol. The number of rotatable bonds is 2. The summed E-state index contributed by atoms with van der Waals surface area (Å²) in [7, 11) is 3.44. The molecule has 1 unspecified atom stereocenters. The lowest BCUT2D eigenvalue weighted by atomic mass is 10.1. The summed E-state index contributed by atoms with van der Waals surface area (Å²) in [6, 6.07) is 8.67. The average molecular weight is 357 g/mol. The molecule has 1 aromatic carbocycles. The van der Waals surface area contributed by atoms with Crippen molar-refractivity contribution in [2.45, 2.75) is 19.4 Å². The summed E-state index contributed by atoms with van der Waals surface area (Å²) in [5.74, 6) is 0.828. The van der Waals surface area contributed by atoms with Gasteiger partial charge in [-0.3, -0.25) is 4.79 Å². The Kier molecular flexibility index (Phi) is 5.20. The number of carbonyl (C=O) groups is 2. The van der Waals surface area contributed by atoms with Crippen LogP contribution in [-0.2, 0) is 0 Å². The molecule has 8 nitrogen and oxygen atoms in total. The van der Waals surface area contributed by atoms with Gasteiger partial charge < -0.3 is 19.2 Å². The molecule has 1 aliphatic rings. The second-order valence-corrected chi connectivity index (χ2v) is 6.51. The van der Waals surface area contributed by atoms with Crippen molar-refractivity contribution in [2.24, 2.45) is 0 Å². The Bertz CT molecular complexity index is 774. The third-order valence-corrected chi connectivity index (χ3v) is 4.42. The minimum atomic E-state index is -0.358. The van der Waals surface area contributed by atoms with Crippen molar-refractivity contribution in [1.82, 2.24) is 24.8 Å². The lowest BCUT2D eigenvalue weighted by molar-refractivity contribution is 0.0650. The van der Waals surface area contributed by atoms with Crippen LogP contribution < -0.4 is 0 Å². The van der Waals surface area contributed by atoms with Gasteiger partial charge in [0.05, 0.1) is 0 Å². The number of nitrogens with zero attached hydrogens (tertiary/aromatic N) is 5. The van der Waals surface area contributed by atoms with Crippen molar-refractivity contribution in [3.8, 4) is 0 Å². The Morgan fingerprint density at radius 2 is 1.88 bits per heavy atom. The van der Waals surface area contributed by atoms with Crippen LogP contribution in [0, 0.1) is 6.92 Å². The number of hydrogen-bond acceptors (Lipinski definition) is 5. The Morgan fingerprint density at radius 1 is 1.15 bits per heavy atom. The van der Waals surface area contributed by atoms with Gasteiger partial charge in [-0.05, 0) is 25.5 Å². The van der Waals surface area contributed by atoms with Gasteiger partial charge in [0.15, 0.2) is 5.82 Å². The van der Waals surface area contributed by atoms with Crippen molar-refractivity contribution in [3.05, 3.63) is 47.6 Å². The van der Waals surface area contributed by atoms with E-state index in [1.165, 1.54) is 0 Å². The van der Waals surface area contributed by atoms with Gasteiger partial charge >= 0.3 is 6.03 Å². The Balaban J connectivity index is 1.89. The van der Waals surface area contributed by atoms with Crippen LogP contribution >= 0.6 is 0 Å². The van der Waals surface area contributed by atoms with E-state index in [9.17, 15) is 9.59 Å². The van der Waals surface area contributed by atoms with Crippen LogP contribution in [0.5, 0.6) is 0 Å². The number of hydrogen-bond donors (Lipinski definition) is 0. The molecule has 1 aliphatic heterocycles. The van der Waals surface area contributed by atoms with E-state index < -0.39 is 0 Å². The van der Waals surface area contributed by atoms with Gasteiger partial charge in [0.25, 0.3) is 5.91 Å². The largest absolute Gasteiger partial charge is 0.337 e. The highest BCUT2D eigenvalue weighted by atomic mass is 16.5. The third kappa shape index (κ3) is 3.68. The summed E-state index contributed by atoms with van der Waals surface area (Å²) >= 11 is 0. The van der Waals surface area contributed by atoms with Crippen LogP contribution in [-0.4, -0.2) is 70.5 Å². The first kappa shape index (κ1) is 17.9. The summed E-state index contributed by atoms with van der Waals surface area (Å²) in [5.41, 5.74) is 0.598. The molecule has 26 heavy (non-hydrogen) atoms. The first-order chi connectivity index (χ1) is 12.5. The summed E-state index contributed by atoms with van der Waals surface area (Å²) in [5, 5.41) is 3.86. The van der Waals surface area contributed by atoms with E-state index in [1.807, 2.05) is 18.2 Å². The van der Waals surface area contributed by atoms with Crippen LogP contribution in [0.25, 0.3) is 0 Å². The van der Waals surface area contributed by atoms with Gasteiger partial charge in [-0.2, -0.15) is 4.98 Å². The van der Waals surface area contributed by atoms with Crippen LogP contribution in [0.4, 0.5) is 4.79 Å². The standard InChI is InChI=1S/C18H23N5O3/c1-13-19-16(26-20-13)15-9-10-22(18(25)21(2)3)11-12-23(15)17(24)14-7-5-4-6-8-14/h4-8,15H,9-12H2,1-3H3. The molecule has 0 spiro atoms. The zero-order valence-electron chi connectivity index (χ0n) is 15.3. The molecule has 8 heteroatoms. The molecule has 0 aliphatic carbocycles. The van der Waals surface area contributed by atoms with E-state index in [-0.39, 0.29) is 18.0 Å². The second-order valence-electron chi connectivity index (χ2n) is 6.51. The molecule has 1 atom stereocenters. The Morgan fingerprint density at radius 3 is 2.50 bits per heavy atom. The monoisotopic (exact) mass is 357 g/mol. The van der Waals surface area contributed by atoms with E-state index in [4.69, 9.17) is 4.52 Å². The maximum atomic E-state index is 13.1. The highest BCUT2D eigenvalue weighted by Crippen LogP contribution is 2.27. The van der Waals surface area contributed by atoms with Gasteiger partial charge in [-0.15, -0.1) is 0 Å². The van der Waals surface area contributed by atoms with E-state index in [1.54, 1.807) is 47.9 Å². The van der Waals surface area contributed by atoms with E-state index in [2.05, 4.69) is 10.1 Å². The zero-order valence-corrected chi connectivity index (χ0v) is 15.3. The van der Waals surface area contributed by atoms with Crippen molar-refractivity contribution >= 4 is 11.9 Å². The van der Waals surface area contributed by atoms with Crippen molar-refractivity contribution in [2.75, 3.05) is 33.7 Å². The first-order valence-electron chi connectivity index (χ1n) is 8.60. The smallest absolute Gasteiger partial charge is 0.319 e. The van der Waals surface area contributed by atoms with E-state index in [0.29, 0.717) is 43.3 Å². The number of urea groups is 1. The molecule has 3 rings (SSSR count). The minimum Gasteiger partial charge on any atom is -0.337 e. The lowest BCUT2D eigenvalue weighted by Gasteiger charge is -2.27. The van der Waals surface area contributed by atoms with E-state index >= 15 is 0 Å².